The van der Waals surface area contributed by atoms with Crippen molar-refractivity contribution >= 4 is 11.8 Å². The fraction of sp³-hybridized carbons (Fsp3) is 0.579. The van der Waals surface area contributed by atoms with E-state index in [2.05, 4.69) is 0 Å². The first kappa shape index (κ1) is 20.0. The highest BCUT2D eigenvalue weighted by Crippen LogP contribution is 2.28. The second-order valence-corrected chi connectivity index (χ2v) is 7.53. The van der Waals surface area contributed by atoms with E-state index in [1.807, 2.05) is 20.8 Å². The number of nitrogens with zero attached hydrogens (tertiary/aromatic N) is 2. The number of benzene rings is 1. The molecule has 0 radical (unpaired) electrons. The van der Waals surface area contributed by atoms with Crippen LogP contribution in [0.2, 0.25) is 0 Å². The highest BCUT2D eigenvalue weighted by Gasteiger charge is 2.33. The SMILES string of the molecule is COc1ccc(C(=O)N2CCN(C(=O)[C@@H](N)C(C)(C)C)CC2)cc1OC. The maximum Gasteiger partial charge on any atom is 0.254 e. The minimum absolute atomic E-state index is 0.0595. The molecule has 26 heavy (non-hydrogen) atoms. The molecule has 1 aromatic carbocycles. The normalized spacial score (nSPS) is 16.2. The van der Waals surface area contributed by atoms with E-state index in [1.54, 1.807) is 35.1 Å². The van der Waals surface area contributed by atoms with Crippen molar-refractivity contribution in [3.63, 3.8) is 0 Å². The number of rotatable bonds is 4. The lowest BCUT2D eigenvalue weighted by Gasteiger charge is -2.38. The Labute approximate surface area is 155 Å². The van der Waals surface area contributed by atoms with Gasteiger partial charge in [-0.25, -0.2) is 0 Å². The van der Waals surface area contributed by atoms with Gasteiger partial charge < -0.3 is 25.0 Å². The van der Waals surface area contributed by atoms with Gasteiger partial charge in [0.1, 0.15) is 0 Å². The van der Waals surface area contributed by atoms with Crippen LogP contribution in [0.4, 0.5) is 0 Å². The van der Waals surface area contributed by atoms with Crippen molar-refractivity contribution in [3.8, 4) is 11.5 Å². The smallest absolute Gasteiger partial charge is 0.254 e. The largest absolute Gasteiger partial charge is 0.493 e. The standard InChI is InChI=1S/C19H29N3O4/c1-19(2,3)16(20)18(24)22-10-8-21(9-11-22)17(23)13-6-7-14(25-4)15(12-13)26-5/h6-7,12,16H,8-11,20H2,1-5H3/t16-/m1/s1. The third-order valence-corrected chi connectivity index (χ3v) is 4.71. The van der Waals surface area contributed by atoms with Gasteiger partial charge in [-0.2, -0.15) is 0 Å². The van der Waals surface area contributed by atoms with E-state index in [0.717, 1.165) is 0 Å². The molecule has 1 saturated heterocycles. The van der Waals surface area contributed by atoms with Gasteiger partial charge in [0.2, 0.25) is 5.91 Å². The molecule has 1 heterocycles. The van der Waals surface area contributed by atoms with Crippen LogP contribution in [0, 0.1) is 5.41 Å². The van der Waals surface area contributed by atoms with Gasteiger partial charge in [0.05, 0.1) is 20.3 Å². The average Bonchev–Trinajstić information content (AvgIpc) is 2.65. The van der Waals surface area contributed by atoms with Crippen molar-refractivity contribution in [3.05, 3.63) is 23.8 Å². The minimum atomic E-state index is -0.546. The Bertz CT molecular complexity index is 661. The monoisotopic (exact) mass is 363 g/mol. The Morgan fingerprint density at radius 3 is 2.04 bits per heavy atom. The topological polar surface area (TPSA) is 85.1 Å². The highest BCUT2D eigenvalue weighted by atomic mass is 16.5. The molecule has 0 saturated carbocycles. The predicted molar refractivity (Wildman–Crippen MR) is 99.5 cm³/mol. The first-order valence-electron chi connectivity index (χ1n) is 8.74. The summed E-state index contributed by atoms with van der Waals surface area (Å²) in [6.07, 6.45) is 0. The van der Waals surface area contributed by atoms with Crippen LogP contribution < -0.4 is 15.2 Å². The molecule has 1 aliphatic heterocycles. The molecule has 7 nitrogen and oxygen atoms in total. The van der Waals surface area contributed by atoms with Crippen molar-refractivity contribution < 1.29 is 19.1 Å². The third kappa shape index (κ3) is 4.27. The molecule has 0 aliphatic carbocycles. The molecular formula is C19H29N3O4. The molecule has 0 aromatic heterocycles. The summed E-state index contributed by atoms with van der Waals surface area (Å²) in [5.74, 6) is 0.952. The number of ether oxygens (including phenoxy) is 2. The summed E-state index contributed by atoms with van der Waals surface area (Å²) in [5, 5.41) is 0. The summed E-state index contributed by atoms with van der Waals surface area (Å²) in [6.45, 7) is 7.79. The molecule has 1 fully saturated rings. The summed E-state index contributed by atoms with van der Waals surface area (Å²) >= 11 is 0. The van der Waals surface area contributed by atoms with Gasteiger partial charge in [-0.3, -0.25) is 9.59 Å². The summed E-state index contributed by atoms with van der Waals surface area (Å²) in [4.78, 5) is 28.7. The van der Waals surface area contributed by atoms with E-state index in [1.165, 1.54) is 7.11 Å². The Morgan fingerprint density at radius 2 is 1.54 bits per heavy atom. The zero-order valence-corrected chi connectivity index (χ0v) is 16.2. The molecule has 0 spiro atoms. The third-order valence-electron chi connectivity index (χ3n) is 4.71. The van der Waals surface area contributed by atoms with Gasteiger partial charge in [-0.05, 0) is 23.6 Å². The van der Waals surface area contributed by atoms with Crippen LogP contribution >= 0.6 is 0 Å². The highest BCUT2D eigenvalue weighted by molar-refractivity contribution is 5.95. The lowest BCUT2D eigenvalue weighted by atomic mass is 9.86. The molecule has 2 N–H and O–H groups in total. The summed E-state index contributed by atoms with van der Waals surface area (Å²) in [7, 11) is 3.09. The van der Waals surface area contributed by atoms with Crippen molar-refractivity contribution in [2.24, 2.45) is 11.1 Å². The van der Waals surface area contributed by atoms with Gasteiger partial charge in [0.25, 0.3) is 5.91 Å². The van der Waals surface area contributed by atoms with Crippen LogP contribution in [0.5, 0.6) is 11.5 Å². The Morgan fingerprint density at radius 1 is 1.00 bits per heavy atom. The molecule has 1 aromatic rings. The van der Waals surface area contributed by atoms with Crippen LogP contribution in [-0.2, 0) is 4.79 Å². The zero-order valence-electron chi connectivity index (χ0n) is 16.2. The molecule has 7 heteroatoms. The van der Waals surface area contributed by atoms with E-state index in [0.29, 0.717) is 43.2 Å². The molecule has 2 amide bonds. The van der Waals surface area contributed by atoms with Gasteiger partial charge in [-0.15, -0.1) is 0 Å². The van der Waals surface area contributed by atoms with Crippen molar-refractivity contribution in [2.75, 3.05) is 40.4 Å². The summed E-state index contributed by atoms with van der Waals surface area (Å²) < 4.78 is 10.5. The minimum Gasteiger partial charge on any atom is -0.493 e. The number of piperazine rings is 1. The molecule has 0 unspecified atom stereocenters. The first-order valence-corrected chi connectivity index (χ1v) is 8.74. The Kier molecular flexibility index (Phi) is 6.13. The zero-order chi connectivity index (χ0) is 19.5. The van der Waals surface area contributed by atoms with Gasteiger partial charge in [0.15, 0.2) is 11.5 Å². The van der Waals surface area contributed by atoms with E-state index in [-0.39, 0.29) is 17.2 Å². The Hall–Kier alpha value is -2.28. The van der Waals surface area contributed by atoms with Crippen LogP contribution in [0.15, 0.2) is 18.2 Å². The quantitative estimate of drug-likeness (QED) is 0.873. The van der Waals surface area contributed by atoms with E-state index < -0.39 is 6.04 Å². The fourth-order valence-electron chi connectivity index (χ4n) is 2.85. The molecule has 0 bridgehead atoms. The van der Waals surface area contributed by atoms with E-state index >= 15 is 0 Å². The molecular weight excluding hydrogens is 334 g/mol. The van der Waals surface area contributed by atoms with Crippen LogP contribution in [0.1, 0.15) is 31.1 Å². The van der Waals surface area contributed by atoms with Gasteiger partial charge in [0, 0.05) is 31.7 Å². The molecule has 144 valence electrons. The van der Waals surface area contributed by atoms with Gasteiger partial charge >= 0.3 is 0 Å². The van der Waals surface area contributed by atoms with Crippen molar-refractivity contribution in [1.29, 1.82) is 0 Å². The van der Waals surface area contributed by atoms with E-state index in [9.17, 15) is 9.59 Å². The van der Waals surface area contributed by atoms with E-state index in [4.69, 9.17) is 15.2 Å². The molecule has 2 rings (SSSR count). The van der Waals surface area contributed by atoms with Crippen LogP contribution in [-0.4, -0.2) is 68.1 Å². The lowest BCUT2D eigenvalue weighted by Crippen LogP contribution is -2.56. The van der Waals surface area contributed by atoms with Gasteiger partial charge in [-0.1, -0.05) is 20.8 Å². The second kappa shape index (κ2) is 7.95. The number of hydrogen-bond acceptors (Lipinski definition) is 5. The maximum atomic E-state index is 12.7. The van der Waals surface area contributed by atoms with Crippen LogP contribution in [0.3, 0.4) is 0 Å². The van der Waals surface area contributed by atoms with Crippen molar-refractivity contribution in [1.82, 2.24) is 9.80 Å². The number of nitrogens with two attached hydrogens (primary N) is 1. The first-order chi connectivity index (χ1) is 12.2. The van der Waals surface area contributed by atoms with Crippen LogP contribution in [0.25, 0.3) is 0 Å². The average molecular weight is 363 g/mol. The Balaban J connectivity index is 2.01. The number of hydrogen-bond donors (Lipinski definition) is 1. The fourth-order valence-corrected chi connectivity index (χ4v) is 2.85. The number of carbonyl (C=O) groups excluding carboxylic acids is 2. The molecule has 1 atom stereocenters. The molecule has 1 aliphatic rings. The number of carbonyl (C=O) groups is 2. The second-order valence-electron chi connectivity index (χ2n) is 7.53. The number of amides is 2. The summed E-state index contributed by atoms with van der Waals surface area (Å²) in [5.41, 5.74) is 6.32. The summed E-state index contributed by atoms with van der Waals surface area (Å²) in [6, 6.07) is 4.56. The lowest BCUT2D eigenvalue weighted by molar-refractivity contribution is -0.136. The number of methoxy groups -OCH3 is 2. The van der Waals surface area contributed by atoms with Crippen molar-refractivity contribution in [2.45, 2.75) is 26.8 Å². The predicted octanol–water partition coefficient (Wildman–Crippen LogP) is 1.36. The maximum absolute atomic E-state index is 12.7.